The highest BCUT2D eigenvalue weighted by molar-refractivity contribution is 5.69. The van der Waals surface area contributed by atoms with Crippen LogP contribution in [-0.4, -0.2) is 51.5 Å². The van der Waals surface area contributed by atoms with Gasteiger partial charge in [-0.1, -0.05) is 258 Å². The number of hydrogen-bond donors (Lipinski definition) is 1. The lowest BCUT2D eigenvalue weighted by Crippen LogP contribution is -2.22. The van der Waals surface area contributed by atoms with Gasteiger partial charge in [-0.15, -0.1) is 0 Å². The largest absolute Gasteiger partial charge is 0.464 e. The first kappa shape index (κ1) is 58.9. The normalized spacial score (nSPS) is 11.4. The molecule has 6 nitrogen and oxygen atoms in total. The summed E-state index contributed by atoms with van der Waals surface area (Å²) < 4.78 is 16.4. The third kappa shape index (κ3) is 53.0. The lowest BCUT2D eigenvalue weighted by molar-refractivity contribution is -0.145. The van der Waals surface area contributed by atoms with E-state index in [0.29, 0.717) is 32.7 Å². The lowest BCUT2D eigenvalue weighted by Gasteiger charge is -2.07. The first-order valence-corrected chi connectivity index (χ1v) is 27.3. The monoisotopic (exact) mass is 850 g/mol. The fourth-order valence-corrected chi connectivity index (χ4v) is 8.33. The van der Waals surface area contributed by atoms with Gasteiger partial charge in [0.1, 0.15) is 13.2 Å². The van der Waals surface area contributed by atoms with Gasteiger partial charge in [0.15, 0.2) is 0 Å². The summed E-state index contributed by atoms with van der Waals surface area (Å²) in [5.41, 5.74) is 0. The zero-order valence-electron chi connectivity index (χ0n) is 40.9. The van der Waals surface area contributed by atoms with Gasteiger partial charge in [0, 0.05) is 26.0 Å². The highest BCUT2D eigenvalue weighted by Crippen LogP contribution is 2.16. The molecule has 0 saturated heterocycles. The van der Waals surface area contributed by atoms with Crippen LogP contribution in [0.1, 0.15) is 296 Å². The smallest absolute Gasteiger partial charge is 0.305 e. The number of carbonyl (C=O) groups excluding carboxylic acids is 2. The minimum Gasteiger partial charge on any atom is -0.464 e. The molecule has 358 valence electrons. The van der Waals surface area contributed by atoms with Crippen LogP contribution in [0.2, 0.25) is 0 Å². The quantitative estimate of drug-likeness (QED) is 0.0485. The standard InChI is InChI=1S/C54H107NO5/c1-3-5-7-9-11-13-14-15-20-23-26-30-34-38-42-46-54(57)60-52-51-58-49-44-40-36-32-28-25-22-19-17-16-18-21-24-27-31-35-39-43-47-55-48-50-59-53(56)45-41-37-33-29-12-10-8-6-4-2/h55H,3-52H2,1-2H3. The molecular weight excluding hydrogens is 743 g/mol. The predicted octanol–water partition coefficient (Wildman–Crippen LogP) is 16.9. The summed E-state index contributed by atoms with van der Waals surface area (Å²) in [6.07, 6.45) is 57.1. The van der Waals surface area contributed by atoms with Crippen LogP contribution in [-0.2, 0) is 23.8 Å². The van der Waals surface area contributed by atoms with Gasteiger partial charge in [0.25, 0.3) is 0 Å². The minimum absolute atomic E-state index is 0.0233. The molecule has 0 aliphatic heterocycles. The molecule has 0 saturated carbocycles. The van der Waals surface area contributed by atoms with E-state index in [9.17, 15) is 9.59 Å². The average Bonchev–Trinajstić information content (AvgIpc) is 3.25. The Kier molecular flexibility index (Phi) is 53.0. The average molecular weight is 850 g/mol. The van der Waals surface area contributed by atoms with Crippen molar-refractivity contribution in [1.82, 2.24) is 5.32 Å². The molecule has 0 aromatic heterocycles. The Bertz CT molecular complexity index is 822. The van der Waals surface area contributed by atoms with Crippen LogP contribution in [0.5, 0.6) is 0 Å². The van der Waals surface area contributed by atoms with Crippen molar-refractivity contribution in [2.45, 2.75) is 296 Å². The highest BCUT2D eigenvalue weighted by Gasteiger charge is 2.04. The molecule has 0 fully saturated rings. The van der Waals surface area contributed by atoms with E-state index >= 15 is 0 Å². The van der Waals surface area contributed by atoms with Gasteiger partial charge in [0.05, 0.1) is 6.61 Å². The van der Waals surface area contributed by atoms with Gasteiger partial charge in [-0.05, 0) is 32.2 Å². The minimum atomic E-state index is -0.0561. The topological polar surface area (TPSA) is 73.9 Å². The number of rotatable bonds is 53. The zero-order chi connectivity index (χ0) is 43.3. The molecule has 0 aromatic rings. The van der Waals surface area contributed by atoms with Crippen molar-refractivity contribution in [3.05, 3.63) is 0 Å². The van der Waals surface area contributed by atoms with Gasteiger partial charge < -0.3 is 19.5 Å². The van der Waals surface area contributed by atoms with Crippen LogP contribution in [0.15, 0.2) is 0 Å². The summed E-state index contributed by atoms with van der Waals surface area (Å²) in [5, 5.41) is 3.43. The van der Waals surface area contributed by atoms with E-state index in [-0.39, 0.29) is 11.9 Å². The number of esters is 2. The van der Waals surface area contributed by atoms with Crippen molar-refractivity contribution in [3.63, 3.8) is 0 Å². The predicted molar refractivity (Wildman–Crippen MR) is 260 cm³/mol. The molecule has 0 atom stereocenters. The molecule has 0 aromatic carbocycles. The maximum Gasteiger partial charge on any atom is 0.305 e. The van der Waals surface area contributed by atoms with E-state index < -0.39 is 0 Å². The molecule has 0 spiro atoms. The Labute approximate surface area is 375 Å². The molecule has 0 heterocycles. The Morgan fingerprint density at radius 3 is 0.917 bits per heavy atom. The van der Waals surface area contributed by atoms with Crippen LogP contribution in [0.4, 0.5) is 0 Å². The van der Waals surface area contributed by atoms with Crippen LogP contribution >= 0.6 is 0 Å². The Morgan fingerprint density at radius 2 is 0.567 bits per heavy atom. The van der Waals surface area contributed by atoms with Crippen LogP contribution in [0.3, 0.4) is 0 Å². The molecule has 0 aliphatic carbocycles. The molecule has 0 amide bonds. The number of ether oxygens (including phenoxy) is 3. The van der Waals surface area contributed by atoms with Crippen LogP contribution < -0.4 is 5.32 Å². The second-order valence-corrected chi connectivity index (χ2v) is 18.4. The molecule has 0 unspecified atom stereocenters. The van der Waals surface area contributed by atoms with E-state index in [4.69, 9.17) is 14.2 Å². The Balaban J connectivity index is 3.17. The number of carbonyl (C=O) groups is 2. The van der Waals surface area contributed by atoms with Crippen molar-refractivity contribution in [2.24, 2.45) is 0 Å². The van der Waals surface area contributed by atoms with Crippen LogP contribution in [0.25, 0.3) is 0 Å². The van der Waals surface area contributed by atoms with Crippen molar-refractivity contribution in [2.75, 3.05) is 39.5 Å². The first-order valence-electron chi connectivity index (χ1n) is 27.3. The maximum atomic E-state index is 12.0. The summed E-state index contributed by atoms with van der Waals surface area (Å²) in [6.45, 7) is 8.60. The first-order chi connectivity index (χ1) is 29.7. The van der Waals surface area contributed by atoms with E-state index in [0.717, 1.165) is 51.8 Å². The summed E-state index contributed by atoms with van der Waals surface area (Å²) in [6, 6.07) is 0. The second-order valence-electron chi connectivity index (χ2n) is 18.4. The molecule has 0 rings (SSSR count). The van der Waals surface area contributed by atoms with Crippen molar-refractivity contribution in [3.8, 4) is 0 Å². The summed E-state index contributed by atoms with van der Waals surface area (Å²) in [4.78, 5) is 23.9. The zero-order valence-corrected chi connectivity index (χ0v) is 40.9. The SMILES string of the molecule is CCCCCCCCCCCCCCCCCC(=O)OCCOCCCCCCCCCCCCCCCCCCCCNCCOC(=O)CCCCCCCCCCC. The highest BCUT2D eigenvalue weighted by atomic mass is 16.6. The Morgan fingerprint density at radius 1 is 0.283 bits per heavy atom. The van der Waals surface area contributed by atoms with Gasteiger partial charge in [0.2, 0.25) is 0 Å². The molecule has 0 aliphatic rings. The molecule has 0 radical (unpaired) electrons. The molecule has 6 heteroatoms. The van der Waals surface area contributed by atoms with Gasteiger partial charge in [-0.25, -0.2) is 0 Å². The number of nitrogens with one attached hydrogen (secondary N) is 1. The van der Waals surface area contributed by atoms with E-state index in [1.807, 2.05) is 0 Å². The third-order valence-electron chi connectivity index (χ3n) is 12.4. The fourth-order valence-electron chi connectivity index (χ4n) is 8.33. The summed E-state index contributed by atoms with van der Waals surface area (Å²) in [5.74, 6) is -0.0794. The van der Waals surface area contributed by atoms with Gasteiger partial charge in [-0.2, -0.15) is 0 Å². The summed E-state index contributed by atoms with van der Waals surface area (Å²) >= 11 is 0. The van der Waals surface area contributed by atoms with Crippen molar-refractivity contribution in [1.29, 1.82) is 0 Å². The molecule has 60 heavy (non-hydrogen) atoms. The number of unbranched alkanes of at least 4 members (excludes halogenated alkanes) is 39. The lowest BCUT2D eigenvalue weighted by atomic mass is 10.0. The molecular formula is C54H107NO5. The fraction of sp³-hybridized carbons (Fsp3) is 0.963. The molecule has 1 N–H and O–H groups in total. The van der Waals surface area contributed by atoms with Gasteiger partial charge in [-0.3, -0.25) is 9.59 Å². The molecule has 0 bridgehead atoms. The maximum absolute atomic E-state index is 12.0. The Hall–Kier alpha value is -1.14. The van der Waals surface area contributed by atoms with E-state index in [1.165, 1.54) is 238 Å². The van der Waals surface area contributed by atoms with Gasteiger partial charge >= 0.3 is 11.9 Å². The van der Waals surface area contributed by atoms with Crippen LogP contribution in [0, 0.1) is 0 Å². The number of hydrogen-bond acceptors (Lipinski definition) is 6. The summed E-state index contributed by atoms with van der Waals surface area (Å²) in [7, 11) is 0. The third-order valence-corrected chi connectivity index (χ3v) is 12.4. The second kappa shape index (κ2) is 54.0. The van der Waals surface area contributed by atoms with Crippen molar-refractivity contribution >= 4 is 11.9 Å². The van der Waals surface area contributed by atoms with E-state index in [2.05, 4.69) is 19.2 Å². The van der Waals surface area contributed by atoms with Crippen molar-refractivity contribution < 1.29 is 23.8 Å². The van der Waals surface area contributed by atoms with E-state index in [1.54, 1.807) is 0 Å².